The van der Waals surface area contributed by atoms with Crippen LogP contribution in [0.1, 0.15) is 62.4 Å². The van der Waals surface area contributed by atoms with Gasteiger partial charge in [-0.25, -0.2) is 4.68 Å². The van der Waals surface area contributed by atoms with Gasteiger partial charge in [0.15, 0.2) is 5.69 Å². The highest BCUT2D eigenvalue weighted by Gasteiger charge is 2.16. The van der Waals surface area contributed by atoms with Crippen LogP contribution in [0.5, 0.6) is 0 Å². The lowest BCUT2D eigenvalue weighted by molar-refractivity contribution is -0.140. The monoisotopic (exact) mass is 387 g/mol. The molecule has 1 N–H and O–H groups in total. The summed E-state index contributed by atoms with van der Waals surface area (Å²) in [6, 6.07) is 7.09. The number of hydrogen-bond donors (Lipinski definition) is 1. The van der Waals surface area contributed by atoms with Crippen LogP contribution in [0, 0.1) is 0 Å². The maximum absolute atomic E-state index is 12.7. The third-order valence-corrected chi connectivity index (χ3v) is 4.63. The number of ether oxygens (including phenoxy) is 1. The second-order valence-corrected chi connectivity index (χ2v) is 6.77. The molecule has 0 aliphatic rings. The predicted molar refractivity (Wildman–Crippen MR) is 108 cm³/mol. The number of aryl methyl sites for hydroxylation is 1. The van der Waals surface area contributed by atoms with E-state index in [2.05, 4.69) is 22.1 Å². The first-order chi connectivity index (χ1) is 13.6. The van der Waals surface area contributed by atoms with Gasteiger partial charge in [-0.1, -0.05) is 44.4 Å². The van der Waals surface area contributed by atoms with Crippen LogP contribution in [0.25, 0.3) is 10.8 Å². The van der Waals surface area contributed by atoms with E-state index in [0.29, 0.717) is 30.3 Å². The van der Waals surface area contributed by atoms with E-state index in [9.17, 15) is 14.4 Å². The van der Waals surface area contributed by atoms with E-state index in [1.165, 1.54) is 11.8 Å². The highest BCUT2D eigenvalue weighted by Crippen LogP contribution is 2.13. The van der Waals surface area contributed by atoms with Gasteiger partial charge in [0.25, 0.3) is 11.5 Å². The zero-order valence-electron chi connectivity index (χ0n) is 16.7. The minimum atomic E-state index is -0.284. The molecule has 0 saturated heterocycles. The summed E-state index contributed by atoms with van der Waals surface area (Å²) in [5, 5.41) is 8.31. The van der Waals surface area contributed by atoms with Gasteiger partial charge in [0.05, 0.1) is 12.5 Å². The zero-order valence-corrected chi connectivity index (χ0v) is 16.7. The van der Waals surface area contributed by atoms with Gasteiger partial charge < -0.3 is 10.1 Å². The molecular weight excluding hydrogens is 358 g/mol. The molecule has 0 fully saturated rings. The van der Waals surface area contributed by atoms with Crippen molar-refractivity contribution in [2.45, 2.75) is 58.4 Å². The highest BCUT2D eigenvalue weighted by molar-refractivity contribution is 6.04. The Morgan fingerprint density at radius 3 is 2.54 bits per heavy atom. The smallest absolute Gasteiger partial charge is 0.305 e. The van der Waals surface area contributed by atoms with Crippen LogP contribution in [0.2, 0.25) is 0 Å². The molecule has 0 atom stereocenters. The Kier molecular flexibility index (Phi) is 8.65. The Hall–Kier alpha value is -2.70. The molecule has 0 radical (unpaired) electrons. The fourth-order valence-electron chi connectivity index (χ4n) is 3.02. The largest absolute Gasteiger partial charge is 0.469 e. The molecule has 0 aliphatic heterocycles. The van der Waals surface area contributed by atoms with Crippen molar-refractivity contribution in [1.29, 1.82) is 0 Å². The Balaban J connectivity index is 2.05. The minimum absolute atomic E-state index is 0.161. The SMILES string of the molecule is CCCCCn1nc(C(=O)NCCCCCC(=O)OC)c2ccccc2c1=O. The van der Waals surface area contributed by atoms with Crippen molar-refractivity contribution in [3.63, 3.8) is 0 Å². The Morgan fingerprint density at radius 1 is 1.07 bits per heavy atom. The van der Waals surface area contributed by atoms with Crippen LogP contribution in [-0.4, -0.2) is 35.3 Å². The summed E-state index contributed by atoms with van der Waals surface area (Å²) < 4.78 is 6.01. The van der Waals surface area contributed by atoms with Crippen LogP contribution in [0.15, 0.2) is 29.1 Å². The number of methoxy groups -OCH3 is 1. The minimum Gasteiger partial charge on any atom is -0.469 e. The van der Waals surface area contributed by atoms with Gasteiger partial charge in [-0.15, -0.1) is 0 Å². The van der Waals surface area contributed by atoms with Crippen molar-refractivity contribution in [1.82, 2.24) is 15.1 Å². The molecular formula is C21H29N3O4. The number of rotatable bonds is 11. The van der Waals surface area contributed by atoms with E-state index in [0.717, 1.165) is 38.5 Å². The summed E-state index contributed by atoms with van der Waals surface area (Å²) in [7, 11) is 1.38. The van der Waals surface area contributed by atoms with Crippen molar-refractivity contribution in [2.75, 3.05) is 13.7 Å². The van der Waals surface area contributed by atoms with Gasteiger partial charge in [0.2, 0.25) is 0 Å². The number of carbonyl (C=O) groups excluding carboxylic acids is 2. The molecule has 0 bridgehead atoms. The van der Waals surface area contributed by atoms with Crippen LogP contribution >= 0.6 is 0 Å². The Morgan fingerprint density at radius 2 is 1.82 bits per heavy atom. The quantitative estimate of drug-likeness (QED) is 0.473. The van der Waals surface area contributed by atoms with Crippen LogP contribution < -0.4 is 10.9 Å². The van der Waals surface area contributed by atoms with E-state index in [-0.39, 0.29) is 23.1 Å². The number of esters is 1. The third-order valence-electron chi connectivity index (χ3n) is 4.63. The molecule has 1 aromatic heterocycles. The van der Waals surface area contributed by atoms with Crippen LogP contribution in [-0.2, 0) is 16.1 Å². The molecule has 28 heavy (non-hydrogen) atoms. The summed E-state index contributed by atoms with van der Waals surface area (Å²) >= 11 is 0. The standard InChI is InChI=1S/C21H29N3O4/c1-3-4-10-15-24-21(27)17-12-8-7-11-16(17)19(23-24)20(26)22-14-9-5-6-13-18(25)28-2/h7-8,11-12H,3-6,9-10,13-15H2,1-2H3,(H,22,26). The lowest BCUT2D eigenvalue weighted by atomic mass is 10.1. The van der Waals surface area contributed by atoms with Crippen LogP contribution in [0.3, 0.4) is 0 Å². The number of nitrogens with one attached hydrogen (secondary N) is 1. The number of unbranched alkanes of at least 4 members (excludes halogenated alkanes) is 4. The van der Waals surface area contributed by atoms with E-state index in [1.807, 2.05) is 0 Å². The summed E-state index contributed by atoms with van der Waals surface area (Å²) in [6.07, 6.45) is 5.60. The molecule has 2 aromatic rings. The first-order valence-corrected chi connectivity index (χ1v) is 9.93. The van der Waals surface area contributed by atoms with Crippen LogP contribution in [0.4, 0.5) is 0 Å². The maximum Gasteiger partial charge on any atom is 0.305 e. The molecule has 2 rings (SSSR count). The van der Waals surface area contributed by atoms with Crippen molar-refractivity contribution in [2.24, 2.45) is 0 Å². The lowest BCUT2D eigenvalue weighted by Gasteiger charge is -2.11. The van der Waals surface area contributed by atoms with Crippen molar-refractivity contribution >= 4 is 22.6 Å². The number of carbonyl (C=O) groups is 2. The van der Waals surface area contributed by atoms with Gasteiger partial charge in [-0.05, 0) is 25.3 Å². The summed E-state index contributed by atoms with van der Waals surface area (Å²) in [4.78, 5) is 36.4. The van der Waals surface area contributed by atoms with E-state index in [4.69, 9.17) is 0 Å². The number of hydrogen-bond acceptors (Lipinski definition) is 5. The normalized spacial score (nSPS) is 10.8. The molecule has 0 saturated carbocycles. The topological polar surface area (TPSA) is 90.3 Å². The highest BCUT2D eigenvalue weighted by atomic mass is 16.5. The molecule has 0 unspecified atom stereocenters. The van der Waals surface area contributed by atoms with E-state index < -0.39 is 0 Å². The third kappa shape index (κ3) is 5.90. The van der Waals surface area contributed by atoms with Gasteiger partial charge >= 0.3 is 5.97 Å². The second-order valence-electron chi connectivity index (χ2n) is 6.77. The first-order valence-electron chi connectivity index (χ1n) is 9.93. The van der Waals surface area contributed by atoms with Gasteiger partial charge in [-0.3, -0.25) is 14.4 Å². The molecule has 1 aromatic carbocycles. The average molecular weight is 387 g/mol. The number of benzene rings is 1. The second kappa shape index (κ2) is 11.2. The molecule has 0 aliphatic carbocycles. The average Bonchev–Trinajstić information content (AvgIpc) is 2.72. The number of amides is 1. The molecule has 1 heterocycles. The molecule has 7 heteroatoms. The van der Waals surface area contributed by atoms with E-state index >= 15 is 0 Å². The number of nitrogens with zero attached hydrogens (tertiary/aromatic N) is 2. The summed E-state index contributed by atoms with van der Waals surface area (Å²) in [5.41, 5.74) is 0.118. The van der Waals surface area contributed by atoms with Gasteiger partial charge in [0, 0.05) is 24.9 Å². The maximum atomic E-state index is 12.7. The fourth-order valence-corrected chi connectivity index (χ4v) is 3.02. The Labute approximate surface area is 165 Å². The molecule has 0 spiro atoms. The van der Waals surface area contributed by atoms with E-state index in [1.54, 1.807) is 24.3 Å². The van der Waals surface area contributed by atoms with Gasteiger partial charge in [-0.2, -0.15) is 5.10 Å². The Bertz CT molecular complexity index is 860. The van der Waals surface area contributed by atoms with Crippen molar-refractivity contribution in [3.8, 4) is 0 Å². The van der Waals surface area contributed by atoms with Crippen molar-refractivity contribution < 1.29 is 14.3 Å². The fraction of sp³-hybridized carbons (Fsp3) is 0.524. The first kappa shape index (κ1) is 21.6. The number of fused-ring (bicyclic) bond motifs is 1. The lowest BCUT2D eigenvalue weighted by Crippen LogP contribution is -2.31. The zero-order chi connectivity index (χ0) is 20.4. The number of aromatic nitrogens is 2. The molecule has 7 nitrogen and oxygen atoms in total. The summed E-state index contributed by atoms with van der Waals surface area (Å²) in [6.45, 7) is 3.09. The van der Waals surface area contributed by atoms with Gasteiger partial charge in [0.1, 0.15) is 0 Å². The summed E-state index contributed by atoms with van der Waals surface area (Å²) in [5.74, 6) is -0.501. The molecule has 152 valence electrons. The van der Waals surface area contributed by atoms with Crippen molar-refractivity contribution in [3.05, 3.63) is 40.3 Å². The predicted octanol–water partition coefficient (Wildman–Crippen LogP) is 3.05. The molecule has 1 amide bonds.